The van der Waals surface area contributed by atoms with Gasteiger partial charge in [0.2, 0.25) is 0 Å². The molecule has 0 rings (SSSR count). The highest BCUT2D eigenvalue weighted by Gasteiger charge is 2.27. The molecule has 0 aliphatic carbocycles. The third-order valence-corrected chi connectivity index (χ3v) is 8.50. The van der Waals surface area contributed by atoms with E-state index in [1.54, 1.807) is 0 Å². The Bertz CT molecular complexity index is 287. The van der Waals surface area contributed by atoms with Crippen LogP contribution in [0.4, 0.5) is 0 Å². The zero-order valence-electron chi connectivity index (χ0n) is 11.5. The van der Waals surface area contributed by atoms with Crippen molar-refractivity contribution < 1.29 is 4.74 Å². The number of hydrogen-bond acceptors (Lipinski definition) is 2. The number of ether oxygens (including phenoxy) is 1. The Morgan fingerprint density at radius 1 is 1.41 bits per heavy atom. The lowest BCUT2D eigenvalue weighted by Gasteiger charge is -2.28. The predicted molar refractivity (Wildman–Crippen MR) is 76.5 cm³/mol. The van der Waals surface area contributed by atoms with Crippen LogP contribution in [0.15, 0.2) is 23.9 Å². The van der Waals surface area contributed by atoms with Crippen LogP contribution >= 0.6 is 0 Å². The third kappa shape index (κ3) is 5.85. The molecule has 0 heterocycles. The van der Waals surface area contributed by atoms with Gasteiger partial charge in [0.25, 0.3) is 0 Å². The summed E-state index contributed by atoms with van der Waals surface area (Å²) in [4.78, 5) is 0. The Morgan fingerprint density at radius 2 is 2.06 bits per heavy atom. The van der Waals surface area contributed by atoms with Crippen molar-refractivity contribution in [2.75, 3.05) is 13.2 Å². The average Bonchev–Trinajstić information content (AvgIpc) is 2.37. The molecule has 0 radical (unpaired) electrons. The van der Waals surface area contributed by atoms with Crippen LogP contribution in [0.25, 0.3) is 0 Å². The second kappa shape index (κ2) is 9.21. The molecular weight excluding hydrogens is 226 g/mol. The molecule has 0 atom stereocenters. The predicted octanol–water partition coefficient (Wildman–Crippen LogP) is 4.08. The molecule has 0 amide bonds. The van der Waals surface area contributed by atoms with Crippen LogP contribution in [0.2, 0.25) is 18.6 Å². The molecule has 0 aromatic heterocycles. The fourth-order valence-corrected chi connectivity index (χ4v) is 4.18. The van der Waals surface area contributed by atoms with Crippen molar-refractivity contribution in [3.63, 3.8) is 0 Å². The van der Waals surface area contributed by atoms with Gasteiger partial charge in [-0.15, -0.1) is 6.58 Å². The van der Waals surface area contributed by atoms with Crippen molar-refractivity contribution in [3.8, 4) is 6.07 Å². The molecule has 0 aliphatic rings. The van der Waals surface area contributed by atoms with Gasteiger partial charge in [0, 0.05) is 0 Å². The average molecular weight is 251 g/mol. The summed E-state index contributed by atoms with van der Waals surface area (Å²) in [5.41, 5.74) is 0. The van der Waals surface area contributed by atoms with Gasteiger partial charge in [-0.05, 0) is 6.42 Å². The quantitative estimate of drug-likeness (QED) is 0.351. The highest BCUT2D eigenvalue weighted by Crippen LogP contribution is 2.25. The molecule has 96 valence electrons. The SMILES string of the molecule is C=CC/C=C(/COCCC#N)[Si](C)(CC)CC. The molecule has 0 unspecified atom stereocenters. The zero-order valence-corrected chi connectivity index (χ0v) is 12.5. The molecule has 0 aliphatic heterocycles. The maximum atomic E-state index is 8.48. The first-order valence-corrected chi connectivity index (χ1v) is 9.31. The summed E-state index contributed by atoms with van der Waals surface area (Å²) in [6, 6.07) is 4.59. The van der Waals surface area contributed by atoms with E-state index in [1.807, 2.05) is 6.08 Å². The zero-order chi connectivity index (χ0) is 13.1. The molecular formula is C14H25NOSi. The third-order valence-electron chi connectivity index (χ3n) is 3.48. The number of rotatable bonds is 9. The van der Waals surface area contributed by atoms with Crippen molar-refractivity contribution in [1.29, 1.82) is 5.26 Å². The Kier molecular flexibility index (Phi) is 8.74. The van der Waals surface area contributed by atoms with E-state index in [0.29, 0.717) is 19.6 Å². The summed E-state index contributed by atoms with van der Waals surface area (Å²) in [7, 11) is -1.32. The Morgan fingerprint density at radius 3 is 2.53 bits per heavy atom. The lowest BCUT2D eigenvalue weighted by molar-refractivity contribution is 0.165. The van der Waals surface area contributed by atoms with E-state index < -0.39 is 8.07 Å². The van der Waals surface area contributed by atoms with Crippen molar-refractivity contribution in [2.24, 2.45) is 0 Å². The molecule has 0 aromatic carbocycles. The van der Waals surface area contributed by atoms with Gasteiger partial charge < -0.3 is 4.74 Å². The van der Waals surface area contributed by atoms with E-state index in [1.165, 1.54) is 17.3 Å². The summed E-state index contributed by atoms with van der Waals surface area (Å²) in [6.07, 6.45) is 5.60. The summed E-state index contributed by atoms with van der Waals surface area (Å²) in [5.74, 6) is 0. The lowest BCUT2D eigenvalue weighted by atomic mass is 10.4. The molecule has 0 fully saturated rings. The van der Waals surface area contributed by atoms with Crippen molar-refractivity contribution in [3.05, 3.63) is 23.9 Å². The Balaban J connectivity index is 4.54. The molecule has 0 bridgehead atoms. The van der Waals surface area contributed by atoms with Gasteiger partial charge in [-0.1, -0.05) is 49.8 Å². The normalized spacial score (nSPS) is 12.2. The fourth-order valence-electron chi connectivity index (χ4n) is 1.71. The molecule has 0 saturated carbocycles. The molecule has 17 heavy (non-hydrogen) atoms. The Hall–Kier alpha value is -0.853. The van der Waals surface area contributed by atoms with Gasteiger partial charge in [0.15, 0.2) is 0 Å². The monoisotopic (exact) mass is 251 g/mol. The Labute approximate surface area is 107 Å². The lowest BCUT2D eigenvalue weighted by Crippen LogP contribution is -2.33. The van der Waals surface area contributed by atoms with Gasteiger partial charge in [0.05, 0.1) is 33.8 Å². The van der Waals surface area contributed by atoms with Gasteiger partial charge in [-0.3, -0.25) is 0 Å². The van der Waals surface area contributed by atoms with E-state index >= 15 is 0 Å². The highest BCUT2D eigenvalue weighted by molar-refractivity contribution is 6.85. The van der Waals surface area contributed by atoms with E-state index in [0.717, 1.165) is 6.42 Å². The largest absolute Gasteiger partial charge is 0.376 e. The highest BCUT2D eigenvalue weighted by atomic mass is 28.3. The van der Waals surface area contributed by atoms with Crippen LogP contribution in [0.1, 0.15) is 26.7 Å². The minimum atomic E-state index is -1.32. The fraction of sp³-hybridized carbons (Fsp3) is 0.643. The molecule has 3 heteroatoms. The van der Waals surface area contributed by atoms with Crippen LogP contribution in [-0.2, 0) is 4.74 Å². The van der Waals surface area contributed by atoms with Crippen LogP contribution in [-0.4, -0.2) is 21.3 Å². The van der Waals surface area contributed by atoms with E-state index in [2.05, 4.69) is 39.1 Å². The maximum absolute atomic E-state index is 8.48. The minimum Gasteiger partial charge on any atom is -0.376 e. The van der Waals surface area contributed by atoms with Crippen LogP contribution in [0.3, 0.4) is 0 Å². The van der Waals surface area contributed by atoms with E-state index in [9.17, 15) is 0 Å². The van der Waals surface area contributed by atoms with Crippen LogP contribution in [0.5, 0.6) is 0 Å². The van der Waals surface area contributed by atoms with Crippen LogP contribution in [0, 0.1) is 11.3 Å². The number of hydrogen-bond donors (Lipinski definition) is 0. The molecule has 0 aromatic rings. The molecule has 0 saturated heterocycles. The second-order valence-electron chi connectivity index (χ2n) is 4.48. The second-order valence-corrected chi connectivity index (χ2v) is 9.66. The molecule has 0 N–H and O–H groups in total. The first kappa shape index (κ1) is 16.1. The number of nitriles is 1. The summed E-state index contributed by atoms with van der Waals surface area (Å²) >= 11 is 0. The summed E-state index contributed by atoms with van der Waals surface area (Å²) < 4.78 is 5.59. The first-order valence-electron chi connectivity index (χ1n) is 6.39. The summed E-state index contributed by atoms with van der Waals surface area (Å²) in [6.45, 7) is 12.0. The smallest absolute Gasteiger partial charge is 0.0805 e. The van der Waals surface area contributed by atoms with Gasteiger partial charge in [0.1, 0.15) is 0 Å². The van der Waals surface area contributed by atoms with Crippen LogP contribution < -0.4 is 0 Å². The molecule has 2 nitrogen and oxygen atoms in total. The number of nitrogens with zero attached hydrogens (tertiary/aromatic N) is 1. The topological polar surface area (TPSA) is 33.0 Å². The standard InChI is InChI=1S/C14H25NOSi/c1-5-8-10-14(13-16-12-9-11-15)17(4,6-2)7-3/h5,10H,1,6-9,12-13H2,2-4H3/b14-10-. The van der Waals surface area contributed by atoms with E-state index in [-0.39, 0.29) is 0 Å². The van der Waals surface area contributed by atoms with E-state index in [4.69, 9.17) is 10.00 Å². The maximum Gasteiger partial charge on any atom is 0.0805 e. The molecule has 0 spiro atoms. The van der Waals surface area contributed by atoms with Gasteiger partial charge >= 0.3 is 0 Å². The van der Waals surface area contributed by atoms with Crippen molar-refractivity contribution in [1.82, 2.24) is 0 Å². The minimum absolute atomic E-state index is 0.477. The van der Waals surface area contributed by atoms with Crippen molar-refractivity contribution in [2.45, 2.75) is 45.3 Å². The first-order chi connectivity index (χ1) is 8.14. The number of allylic oxidation sites excluding steroid dienone is 2. The van der Waals surface area contributed by atoms with Crippen molar-refractivity contribution >= 4 is 8.07 Å². The van der Waals surface area contributed by atoms with Gasteiger partial charge in [-0.2, -0.15) is 5.26 Å². The summed E-state index contributed by atoms with van der Waals surface area (Å²) in [5, 5.41) is 9.95. The van der Waals surface area contributed by atoms with Gasteiger partial charge in [-0.25, -0.2) is 0 Å².